The zero-order valence-electron chi connectivity index (χ0n) is 11.5. The normalized spacial score (nSPS) is 11.6. The molecule has 0 unspecified atom stereocenters. The van der Waals surface area contributed by atoms with Gasteiger partial charge >= 0.3 is 0 Å². The maximum absolute atomic E-state index is 13.4. The van der Waals surface area contributed by atoms with Crippen molar-refractivity contribution < 1.29 is 13.6 Å². The molecule has 1 aromatic carbocycles. The second kappa shape index (κ2) is 6.75. The fourth-order valence-electron chi connectivity index (χ4n) is 1.98. The Hall–Kier alpha value is -1.29. The fraction of sp³-hybridized carbons (Fsp3) is 0.533. The van der Waals surface area contributed by atoms with Crippen LogP contribution in [0.1, 0.15) is 38.7 Å². The Bertz CT molecular complexity index is 444. The van der Waals surface area contributed by atoms with Gasteiger partial charge in [-0.2, -0.15) is 0 Å². The van der Waals surface area contributed by atoms with Crippen molar-refractivity contribution in [3.05, 3.63) is 35.4 Å². The largest absolute Gasteiger partial charge is 0.330 e. The predicted molar refractivity (Wildman–Crippen MR) is 71.8 cm³/mol. The number of carbonyl (C=O) groups is 1. The lowest BCUT2D eigenvalue weighted by Crippen LogP contribution is -2.19. The zero-order chi connectivity index (χ0) is 14.5. The molecule has 0 aliphatic carbocycles. The maximum atomic E-state index is 13.4. The summed E-state index contributed by atoms with van der Waals surface area (Å²) >= 11 is 0. The van der Waals surface area contributed by atoms with E-state index >= 15 is 0 Å². The number of ketones is 1. The minimum Gasteiger partial charge on any atom is -0.330 e. The van der Waals surface area contributed by atoms with E-state index in [0.717, 1.165) is 12.5 Å². The molecule has 0 bridgehead atoms. The van der Waals surface area contributed by atoms with Gasteiger partial charge in [-0.3, -0.25) is 4.79 Å². The molecule has 2 N–H and O–H groups in total. The van der Waals surface area contributed by atoms with Crippen LogP contribution in [-0.2, 0) is 11.2 Å². The van der Waals surface area contributed by atoms with Gasteiger partial charge in [0.2, 0.25) is 0 Å². The van der Waals surface area contributed by atoms with Crippen LogP contribution in [0.2, 0.25) is 0 Å². The topological polar surface area (TPSA) is 43.1 Å². The number of carbonyl (C=O) groups excluding carboxylic acids is 1. The number of hydrogen-bond acceptors (Lipinski definition) is 2. The minimum atomic E-state index is -0.919. The van der Waals surface area contributed by atoms with E-state index in [1.54, 1.807) is 0 Å². The fourth-order valence-corrected chi connectivity index (χ4v) is 1.98. The molecule has 0 atom stereocenters. The van der Waals surface area contributed by atoms with Gasteiger partial charge < -0.3 is 5.73 Å². The van der Waals surface area contributed by atoms with Gasteiger partial charge in [0.05, 0.1) is 0 Å². The third-order valence-electron chi connectivity index (χ3n) is 3.32. The summed E-state index contributed by atoms with van der Waals surface area (Å²) in [6.45, 7) is 4.69. The third kappa shape index (κ3) is 5.07. The smallest absolute Gasteiger partial charge is 0.162 e. The van der Waals surface area contributed by atoms with E-state index in [0.29, 0.717) is 19.4 Å². The van der Waals surface area contributed by atoms with E-state index in [1.165, 1.54) is 12.1 Å². The van der Waals surface area contributed by atoms with Crippen LogP contribution >= 0.6 is 0 Å². The van der Waals surface area contributed by atoms with Crippen LogP contribution in [0.4, 0.5) is 8.78 Å². The van der Waals surface area contributed by atoms with Gasteiger partial charge in [0.1, 0.15) is 5.78 Å². The van der Waals surface area contributed by atoms with E-state index in [-0.39, 0.29) is 23.2 Å². The molecule has 0 aliphatic heterocycles. The summed E-state index contributed by atoms with van der Waals surface area (Å²) in [7, 11) is 0. The molecule has 1 rings (SSSR count). The summed E-state index contributed by atoms with van der Waals surface area (Å²) in [5, 5.41) is 0. The van der Waals surface area contributed by atoms with E-state index in [4.69, 9.17) is 5.73 Å². The number of halogens is 2. The highest BCUT2D eigenvalue weighted by Crippen LogP contribution is 2.26. The van der Waals surface area contributed by atoms with Crippen molar-refractivity contribution in [1.82, 2.24) is 0 Å². The first kappa shape index (κ1) is 15.8. The highest BCUT2D eigenvalue weighted by molar-refractivity contribution is 5.80. The first-order valence-electron chi connectivity index (χ1n) is 6.50. The Morgan fingerprint density at radius 1 is 1.26 bits per heavy atom. The standard InChI is InChI=1S/C15H21F2NO/c1-15(2,8-9-18)7-6-12(19)10-11-4-3-5-13(16)14(11)17/h3-5H,6-10,18H2,1-2H3. The molecule has 106 valence electrons. The highest BCUT2D eigenvalue weighted by Gasteiger charge is 2.19. The van der Waals surface area contributed by atoms with Crippen LogP contribution in [-0.4, -0.2) is 12.3 Å². The van der Waals surface area contributed by atoms with Crippen LogP contribution in [0.3, 0.4) is 0 Å². The van der Waals surface area contributed by atoms with Crippen molar-refractivity contribution in [1.29, 1.82) is 0 Å². The maximum Gasteiger partial charge on any atom is 0.162 e. The SMILES string of the molecule is CC(C)(CCN)CCC(=O)Cc1cccc(F)c1F. The number of hydrogen-bond donors (Lipinski definition) is 1. The average molecular weight is 269 g/mol. The van der Waals surface area contributed by atoms with Crippen LogP contribution in [0, 0.1) is 17.0 Å². The molecular formula is C15H21F2NO. The molecule has 1 aromatic rings. The number of Topliss-reactive ketones (excluding diaryl/α,β-unsaturated/α-hetero) is 1. The lowest BCUT2D eigenvalue weighted by atomic mass is 9.83. The first-order chi connectivity index (χ1) is 8.85. The molecule has 0 aromatic heterocycles. The van der Waals surface area contributed by atoms with Gasteiger partial charge in [0.15, 0.2) is 11.6 Å². The Balaban J connectivity index is 2.54. The van der Waals surface area contributed by atoms with Crippen molar-refractivity contribution >= 4 is 5.78 Å². The average Bonchev–Trinajstić information content (AvgIpc) is 2.33. The van der Waals surface area contributed by atoms with E-state index in [1.807, 2.05) is 0 Å². The second-order valence-corrected chi connectivity index (χ2v) is 5.63. The van der Waals surface area contributed by atoms with Crippen molar-refractivity contribution in [2.24, 2.45) is 11.1 Å². The van der Waals surface area contributed by atoms with Crippen molar-refractivity contribution in [2.75, 3.05) is 6.54 Å². The summed E-state index contributed by atoms with van der Waals surface area (Å²) in [6.07, 6.45) is 1.86. The molecule has 0 amide bonds. The van der Waals surface area contributed by atoms with Crippen LogP contribution in [0.25, 0.3) is 0 Å². The Labute approximate surface area is 113 Å². The molecule has 0 spiro atoms. The molecule has 0 saturated carbocycles. The lowest BCUT2D eigenvalue weighted by molar-refractivity contribution is -0.119. The van der Waals surface area contributed by atoms with E-state index < -0.39 is 11.6 Å². The van der Waals surface area contributed by atoms with E-state index in [2.05, 4.69) is 13.8 Å². The zero-order valence-corrected chi connectivity index (χ0v) is 11.5. The second-order valence-electron chi connectivity index (χ2n) is 5.63. The van der Waals surface area contributed by atoms with E-state index in [9.17, 15) is 13.6 Å². The Morgan fingerprint density at radius 2 is 1.95 bits per heavy atom. The van der Waals surface area contributed by atoms with Crippen molar-refractivity contribution in [3.8, 4) is 0 Å². The summed E-state index contributed by atoms with van der Waals surface area (Å²) in [5.41, 5.74) is 5.64. The first-order valence-corrected chi connectivity index (χ1v) is 6.50. The molecule has 2 nitrogen and oxygen atoms in total. The van der Waals surface area contributed by atoms with Gasteiger partial charge in [0, 0.05) is 12.8 Å². The van der Waals surface area contributed by atoms with Crippen LogP contribution in [0.5, 0.6) is 0 Å². The van der Waals surface area contributed by atoms with Crippen LogP contribution in [0.15, 0.2) is 18.2 Å². The molecule has 0 heterocycles. The number of nitrogens with two attached hydrogens (primary N) is 1. The Kier molecular flexibility index (Phi) is 5.60. The molecule has 0 saturated heterocycles. The van der Waals surface area contributed by atoms with Gasteiger partial charge in [-0.25, -0.2) is 8.78 Å². The molecule has 0 radical (unpaired) electrons. The van der Waals surface area contributed by atoms with Crippen molar-refractivity contribution in [2.45, 2.75) is 39.5 Å². The molecule has 19 heavy (non-hydrogen) atoms. The predicted octanol–water partition coefficient (Wildman–Crippen LogP) is 3.23. The van der Waals surface area contributed by atoms with Gasteiger partial charge in [0.25, 0.3) is 0 Å². The quantitative estimate of drug-likeness (QED) is 0.825. The summed E-state index contributed by atoms with van der Waals surface area (Å²) in [6, 6.07) is 3.91. The third-order valence-corrected chi connectivity index (χ3v) is 3.32. The monoisotopic (exact) mass is 269 g/mol. The summed E-state index contributed by atoms with van der Waals surface area (Å²) in [5.74, 6) is -1.90. The number of benzene rings is 1. The molecule has 0 fully saturated rings. The Morgan fingerprint density at radius 3 is 2.58 bits per heavy atom. The van der Waals surface area contributed by atoms with Gasteiger partial charge in [-0.05, 0) is 36.4 Å². The summed E-state index contributed by atoms with van der Waals surface area (Å²) < 4.78 is 26.4. The minimum absolute atomic E-state index is 0.00485. The van der Waals surface area contributed by atoms with Crippen molar-refractivity contribution in [3.63, 3.8) is 0 Å². The molecule has 0 aliphatic rings. The summed E-state index contributed by atoms with van der Waals surface area (Å²) in [4.78, 5) is 11.8. The molecular weight excluding hydrogens is 248 g/mol. The highest BCUT2D eigenvalue weighted by atomic mass is 19.2. The van der Waals surface area contributed by atoms with Crippen LogP contribution < -0.4 is 5.73 Å². The van der Waals surface area contributed by atoms with Gasteiger partial charge in [-0.1, -0.05) is 26.0 Å². The van der Waals surface area contributed by atoms with Gasteiger partial charge in [-0.15, -0.1) is 0 Å². The lowest BCUT2D eigenvalue weighted by Gasteiger charge is -2.23. The molecule has 4 heteroatoms. The number of rotatable bonds is 7.